The van der Waals surface area contributed by atoms with Gasteiger partial charge in [0.15, 0.2) is 0 Å². The Hall–Kier alpha value is -3.52. The summed E-state index contributed by atoms with van der Waals surface area (Å²) in [5, 5.41) is 4.99. The largest absolute Gasteiger partial charge is 0.349 e. The van der Waals surface area contributed by atoms with Crippen LogP contribution in [0.25, 0.3) is 10.8 Å². The molecular formula is C31H33N3O3S. The second kappa shape index (κ2) is 11.1. The van der Waals surface area contributed by atoms with Crippen LogP contribution in [-0.4, -0.2) is 33.3 Å². The summed E-state index contributed by atoms with van der Waals surface area (Å²) in [6.45, 7) is 0.858. The molecule has 4 aromatic carbocycles. The Balaban J connectivity index is 1.35. The molecule has 5 rings (SSSR count). The third kappa shape index (κ3) is 5.80. The zero-order valence-electron chi connectivity index (χ0n) is 21.7. The molecule has 0 aliphatic heterocycles. The summed E-state index contributed by atoms with van der Waals surface area (Å²) in [7, 11) is 0.231. The Morgan fingerprint density at radius 3 is 2.42 bits per heavy atom. The van der Waals surface area contributed by atoms with Crippen molar-refractivity contribution in [3.63, 3.8) is 0 Å². The first-order chi connectivity index (χ1) is 18.3. The summed E-state index contributed by atoms with van der Waals surface area (Å²) < 4.78 is 29.7. The molecule has 196 valence electrons. The van der Waals surface area contributed by atoms with Crippen molar-refractivity contribution in [2.45, 2.75) is 42.8 Å². The molecule has 4 aromatic rings. The van der Waals surface area contributed by atoms with E-state index in [4.69, 9.17) is 0 Å². The standard InChI is InChI=1S/C31H33N3O3S/c1-34(2)21-25-13-8-14-28-27(25)17-18-29(28)32-31(35)20-30(23-10-4-3-5-11-23)33-38(36,37)26-16-15-22-9-6-7-12-24(22)19-26/h3-16,19,29-30,33H,17-18,20-21H2,1-2H3,(H,32,35). The molecule has 0 bridgehead atoms. The average Bonchev–Trinajstić information content (AvgIpc) is 3.31. The van der Waals surface area contributed by atoms with Gasteiger partial charge in [-0.3, -0.25) is 4.79 Å². The number of rotatable bonds is 9. The van der Waals surface area contributed by atoms with Gasteiger partial charge in [-0.15, -0.1) is 0 Å². The zero-order valence-corrected chi connectivity index (χ0v) is 22.5. The minimum atomic E-state index is -3.87. The Kier molecular flexibility index (Phi) is 7.61. The predicted molar refractivity (Wildman–Crippen MR) is 151 cm³/mol. The Morgan fingerprint density at radius 1 is 0.921 bits per heavy atom. The van der Waals surface area contributed by atoms with Crippen LogP contribution in [0.5, 0.6) is 0 Å². The lowest BCUT2D eigenvalue weighted by atomic mass is 10.0. The van der Waals surface area contributed by atoms with Crippen LogP contribution in [-0.2, 0) is 27.8 Å². The first-order valence-electron chi connectivity index (χ1n) is 12.9. The third-order valence-corrected chi connectivity index (χ3v) is 8.58. The number of amides is 1. The van der Waals surface area contributed by atoms with E-state index in [0.717, 1.165) is 41.3 Å². The van der Waals surface area contributed by atoms with E-state index in [2.05, 4.69) is 41.2 Å². The average molecular weight is 528 g/mol. The van der Waals surface area contributed by atoms with E-state index in [1.165, 1.54) is 11.1 Å². The number of hydrogen-bond acceptors (Lipinski definition) is 4. The van der Waals surface area contributed by atoms with Crippen molar-refractivity contribution in [2.75, 3.05) is 14.1 Å². The maximum absolute atomic E-state index is 13.4. The molecule has 2 atom stereocenters. The molecule has 1 amide bonds. The Morgan fingerprint density at radius 2 is 1.66 bits per heavy atom. The normalized spacial score (nSPS) is 15.9. The number of benzene rings is 4. The maximum Gasteiger partial charge on any atom is 0.241 e. The fraction of sp³-hybridized carbons (Fsp3) is 0.258. The zero-order chi connectivity index (χ0) is 26.7. The van der Waals surface area contributed by atoms with Crippen LogP contribution < -0.4 is 10.0 Å². The quantitative estimate of drug-likeness (QED) is 0.317. The molecule has 7 heteroatoms. The number of nitrogens with one attached hydrogen (secondary N) is 2. The fourth-order valence-corrected chi connectivity index (χ4v) is 6.57. The lowest BCUT2D eigenvalue weighted by Crippen LogP contribution is -2.35. The van der Waals surface area contributed by atoms with Gasteiger partial charge in [0.2, 0.25) is 15.9 Å². The lowest BCUT2D eigenvalue weighted by Gasteiger charge is -2.21. The topological polar surface area (TPSA) is 78.5 Å². The highest BCUT2D eigenvalue weighted by molar-refractivity contribution is 7.89. The van der Waals surface area contributed by atoms with Crippen LogP contribution in [0.15, 0.2) is 95.9 Å². The minimum absolute atomic E-state index is 0.0000461. The summed E-state index contributed by atoms with van der Waals surface area (Å²) in [4.78, 5) is 15.6. The summed E-state index contributed by atoms with van der Waals surface area (Å²) in [5.74, 6) is -0.184. The summed E-state index contributed by atoms with van der Waals surface area (Å²) >= 11 is 0. The van der Waals surface area contributed by atoms with Crippen LogP contribution >= 0.6 is 0 Å². The van der Waals surface area contributed by atoms with Gasteiger partial charge >= 0.3 is 0 Å². The van der Waals surface area contributed by atoms with Gasteiger partial charge in [-0.05, 0) is 72.1 Å². The van der Waals surface area contributed by atoms with Crippen molar-refractivity contribution in [1.82, 2.24) is 14.9 Å². The van der Waals surface area contributed by atoms with Gasteiger partial charge in [0.25, 0.3) is 0 Å². The second-order valence-electron chi connectivity index (χ2n) is 10.2. The van der Waals surface area contributed by atoms with Crippen molar-refractivity contribution in [1.29, 1.82) is 0 Å². The van der Waals surface area contributed by atoms with Gasteiger partial charge in [-0.25, -0.2) is 13.1 Å². The van der Waals surface area contributed by atoms with Crippen molar-refractivity contribution in [3.05, 3.63) is 113 Å². The number of nitrogens with zero attached hydrogens (tertiary/aromatic N) is 1. The van der Waals surface area contributed by atoms with Gasteiger partial charge in [-0.1, -0.05) is 78.9 Å². The number of hydrogen-bond donors (Lipinski definition) is 2. The van der Waals surface area contributed by atoms with E-state index in [9.17, 15) is 13.2 Å². The molecule has 6 nitrogen and oxygen atoms in total. The third-order valence-electron chi connectivity index (χ3n) is 7.11. The number of carbonyl (C=O) groups is 1. The summed E-state index contributed by atoms with van der Waals surface area (Å²) in [6, 6.07) is 27.5. The molecule has 0 saturated heterocycles. The van der Waals surface area contributed by atoms with Gasteiger partial charge in [-0.2, -0.15) is 0 Å². The molecule has 2 N–H and O–H groups in total. The molecule has 0 spiro atoms. The van der Waals surface area contributed by atoms with E-state index in [-0.39, 0.29) is 23.3 Å². The van der Waals surface area contributed by atoms with Gasteiger partial charge in [0.1, 0.15) is 0 Å². The number of fused-ring (bicyclic) bond motifs is 2. The van der Waals surface area contributed by atoms with Crippen LogP contribution in [0.4, 0.5) is 0 Å². The Bertz CT molecular complexity index is 1550. The molecule has 2 unspecified atom stereocenters. The lowest BCUT2D eigenvalue weighted by molar-refractivity contribution is -0.122. The van der Waals surface area contributed by atoms with Crippen LogP contribution in [0.1, 0.15) is 47.2 Å². The van der Waals surface area contributed by atoms with Gasteiger partial charge < -0.3 is 10.2 Å². The van der Waals surface area contributed by atoms with Crippen molar-refractivity contribution in [3.8, 4) is 0 Å². The van der Waals surface area contributed by atoms with Crippen LogP contribution in [0, 0.1) is 0 Å². The first kappa shape index (κ1) is 26.1. The van der Waals surface area contributed by atoms with Crippen molar-refractivity contribution in [2.24, 2.45) is 0 Å². The second-order valence-corrected chi connectivity index (χ2v) is 11.9. The highest BCUT2D eigenvalue weighted by Crippen LogP contribution is 2.34. The highest BCUT2D eigenvalue weighted by atomic mass is 32.2. The Labute approximate surface area is 224 Å². The molecule has 1 aliphatic rings. The summed E-state index contributed by atoms with van der Waals surface area (Å²) in [5.41, 5.74) is 4.50. The smallest absolute Gasteiger partial charge is 0.241 e. The molecular weight excluding hydrogens is 494 g/mol. The monoisotopic (exact) mass is 527 g/mol. The summed E-state index contributed by atoms with van der Waals surface area (Å²) in [6.07, 6.45) is 1.76. The van der Waals surface area contributed by atoms with Crippen molar-refractivity contribution >= 4 is 26.7 Å². The highest BCUT2D eigenvalue weighted by Gasteiger charge is 2.28. The van der Waals surface area contributed by atoms with E-state index < -0.39 is 16.1 Å². The van der Waals surface area contributed by atoms with Crippen molar-refractivity contribution < 1.29 is 13.2 Å². The van der Waals surface area contributed by atoms with Crippen LogP contribution in [0.3, 0.4) is 0 Å². The SMILES string of the molecule is CN(C)Cc1cccc2c1CCC2NC(=O)CC(NS(=O)(=O)c1ccc2ccccc2c1)c1ccccc1. The van der Waals surface area contributed by atoms with Crippen LogP contribution in [0.2, 0.25) is 0 Å². The minimum Gasteiger partial charge on any atom is -0.349 e. The van der Waals surface area contributed by atoms with Gasteiger partial charge in [0, 0.05) is 13.0 Å². The van der Waals surface area contributed by atoms with E-state index in [1.54, 1.807) is 18.2 Å². The fourth-order valence-electron chi connectivity index (χ4n) is 5.31. The first-order valence-corrected chi connectivity index (χ1v) is 14.4. The number of sulfonamides is 1. The maximum atomic E-state index is 13.4. The molecule has 0 aromatic heterocycles. The molecule has 0 heterocycles. The molecule has 0 fully saturated rings. The van der Waals surface area contributed by atoms with Gasteiger partial charge in [0.05, 0.1) is 17.0 Å². The van der Waals surface area contributed by atoms with E-state index in [1.807, 2.05) is 60.7 Å². The molecule has 38 heavy (non-hydrogen) atoms. The predicted octanol–water partition coefficient (Wildman–Crippen LogP) is 5.11. The molecule has 1 aliphatic carbocycles. The molecule has 0 saturated carbocycles. The van der Waals surface area contributed by atoms with E-state index in [0.29, 0.717) is 0 Å². The van der Waals surface area contributed by atoms with E-state index >= 15 is 0 Å². The molecule has 0 radical (unpaired) electrons. The number of carbonyl (C=O) groups excluding carboxylic acids is 1.